The molecule has 86 valence electrons. The van der Waals surface area contributed by atoms with Gasteiger partial charge in [0.2, 0.25) is 0 Å². The van der Waals surface area contributed by atoms with Crippen molar-refractivity contribution < 1.29 is 14.3 Å². The molecule has 7 heteroatoms. The molecule has 0 aromatic heterocycles. The van der Waals surface area contributed by atoms with Crippen LogP contribution < -0.4 is 15.4 Å². The highest BCUT2D eigenvalue weighted by molar-refractivity contribution is 6.42. The van der Waals surface area contributed by atoms with E-state index in [1.807, 2.05) is 5.32 Å². The zero-order chi connectivity index (χ0) is 12.1. The lowest BCUT2D eigenvalue weighted by molar-refractivity contribution is 0.197. The van der Waals surface area contributed by atoms with Crippen LogP contribution in [-0.2, 0) is 0 Å². The Balaban J connectivity index is 2.63. The van der Waals surface area contributed by atoms with Crippen molar-refractivity contribution in [2.24, 2.45) is 0 Å². The number of benzene rings is 1. The summed E-state index contributed by atoms with van der Waals surface area (Å²) in [6, 6.07) is 3.64. The van der Waals surface area contributed by atoms with Crippen LogP contribution >= 0.6 is 23.2 Å². The fourth-order valence-electron chi connectivity index (χ4n) is 0.828. The summed E-state index contributed by atoms with van der Waals surface area (Å²) in [6.07, 6.45) is -0.905. The number of imide groups is 1. The molecule has 1 aromatic carbocycles. The minimum absolute atomic E-state index is 0.191. The molecule has 0 heterocycles. The number of halogens is 2. The summed E-state index contributed by atoms with van der Waals surface area (Å²) in [6.45, 7) is 0. The van der Waals surface area contributed by atoms with Crippen molar-refractivity contribution in [2.45, 2.75) is 0 Å². The van der Waals surface area contributed by atoms with Crippen molar-refractivity contribution in [3.8, 4) is 5.75 Å². The molecular weight excluding hydrogens is 255 g/mol. The highest BCUT2D eigenvalue weighted by Gasteiger charge is 2.09. The first kappa shape index (κ1) is 12.6. The maximum absolute atomic E-state index is 11.1. The molecule has 0 aliphatic carbocycles. The van der Waals surface area contributed by atoms with E-state index in [1.165, 1.54) is 25.2 Å². The summed E-state index contributed by atoms with van der Waals surface area (Å²) in [4.78, 5) is 21.9. The predicted molar refractivity (Wildman–Crippen MR) is 60.1 cm³/mol. The number of urea groups is 1. The summed E-state index contributed by atoms with van der Waals surface area (Å²) < 4.78 is 4.77. The van der Waals surface area contributed by atoms with Crippen molar-refractivity contribution in [3.63, 3.8) is 0 Å². The van der Waals surface area contributed by atoms with E-state index in [9.17, 15) is 9.59 Å². The van der Waals surface area contributed by atoms with Crippen LogP contribution in [0.15, 0.2) is 18.2 Å². The van der Waals surface area contributed by atoms with Crippen LogP contribution in [0.1, 0.15) is 0 Å². The molecule has 0 aliphatic rings. The number of ether oxygens (including phenoxy) is 1. The quantitative estimate of drug-likeness (QED) is 0.817. The Morgan fingerprint density at radius 2 is 1.94 bits per heavy atom. The topological polar surface area (TPSA) is 67.4 Å². The van der Waals surface area contributed by atoms with E-state index in [1.54, 1.807) is 0 Å². The lowest BCUT2D eigenvalue weighted by Crippen LogP contribution is -2.39. The molecule has 0 saturated carbocycles. The van der Waals surface area contributed by atoms with Crippen molar-refractivity contribution in [2.75, 3.05) is 7.05 Å². The van der Waals surface area contributed by atoms with E-state index in [0.717, 1.165) is 0 Å². The third-order valence-electron chi connectivity index (χ3n) is 1.54. The summed E-state index contributed by atoms with van der Waals surface area (Å²) in [5, 5.41) is 4.73. The van der Waals surface area contributed by atoms with Gasteiger partial charge in [-0.3, -0.25) is 0 Å². The maximum Gasteiger partial charge on any atom is 0.420 e. The maximum atomic E-state index is 11.1. The number of carbonyl (C=O) groups is 2. The first-order chi connectivity index (χ1) is 7.52. The van der Waals surface area contributed by atoms with Crippen LogP contribution in [0.4, 0.5) is 9.59 Å². The molecule has 0 radical (unpaired) electrons. The van der Waals surface area contributed by atoms with E-state index in [4.69, 9.17) is 27.9 Å². The summed E-state index contributed by atoms with van der Waals surface area (Å²) >= 11 is 11.4. The number of carbonyl (C=O) groups excluding carboxylic acids is 2. The zero-order valence-electron chi connectivity index (χ0n) is 8.21. The molecule has 0 atom stereocenters. The Morgan fingerprint density at radius 3 is 2.50 bits per heavy atom. The van der Waals surface area contributed by atoms with Crippen LogP contribution in [-0.4, -0.2) is 19.2 Å². The van der Waals surface area contributed by atoms with Gasteiger partial charge in [-0.1, -0.05) is 23.2 Å². The van der Waals surface area contributed by atoms with Crippen LogP contribution in [0.25, 0.3) is 0 Å². The first-order valence-corrected chi connectivity index (χ1v) is 4.94. The van der Waals surface area contributed by atoms with Gasteiger partial charge >= 0.3 is 12.1 Å². The average Bonchev–Trinajstić information content (AvgIpc) is 2.23. The molecule has 0 saturated heterocycles. The molecule has 0 aliphatic heterocycles. The number of amides is 3. The van der Waals surface area contributed by atoms with Crippen LogP contribution in [0, 0.1) is 0 Å². The SMILES string of the molecule is CNC(=O)NC(=O)Oc1ccc(Cl)c(Cl)c1. The molecule has 0 fully saturated rings. The van der Waals surface area contributed by atoms with E-state index in [2.05, 4.69) is 5.32 Å². The van der Waals surface area contributed by atoms with Gasteiger partial charge in [0.05, 0.1) is 10.0 Å². The molecular formula is C9H8Cl2N2O3. The molecule has 2 N–H and O–H groups in total. The molecule has 1 aromatic rings. The monoisotopic (exact) mass is 262 g/mol. The Morgan fingerprint density at radius 1 is 1.25 bits per heavy atom. The smallest absolute Gasteiger partial charge is 0.410 e. The van der Waals surface area contributed by atoms with E-state index in [0.29, 0.717) is 5.02 Å². The van der Waals surface area contributed by atoms with Crippen molar-refractivity contribution in [3.05, 3.63) is 28.2 Å². The van der Waals surface area contributed by atoms with Crippen LogP contribution in [0.3, 0.4) is 0 Å². The third kappa shape index (κ3) is 3.60. The average molecular weight is 263 g/mol. The lowest BCUT2D eigenvalue weighted by atomic mass is 10.3. The molecule has 0 bridgehead atoms. The molecule has 0 unspecified atom stereocenters. The third-order valence-corrected chi connectivity index (χ3v) is 2.28. The van der Waals surface area contributed by atoms with Crippen LogP contribution in [0.5, 0.6) is 5.75 Å². The van der Waals surface area contributed by atoms with E-state index >= 15 is 0 Å². The second-order valence-electron chi connectivity index (χ2n) is 2.67. The van der Waals surface area contributed by atoms with Gasteiger partial charge in [-0.2, -0.15) is 0 Å². The first-order valence-electron chi connectivity index (χ1n) is 4.18. The fourth-order valence-corrected chi connectivity index (χ4v) is 1.12. The number of hydrogen-bond acceptors (Lipinski definition) is 3. The van der Waals surface area contributed by atoms with Gasteiger partial charge < -0.3 is 10.1 Å². The summed E-state index contributed by atoms with van der Waals surface area (Å²) in [5.74, 6) is 0.191. The number of nitrogens with one attached hydrogen (secondary N) is 2. The normalized spacial score (nSPS) is 9.44. The van der Waals surface area contributed by atoms with Crippen molar-refractivity contribution in [1.29, 1.82) is 0 Å². The van der Waals surface area contributed by atoms with E-state index < -0.39 is 12.1 Å². The Hall–Kier alpha value is -1.46. The van der Waals surface area contributed by atoms with E-state index in [-0.39, 0.29) is 10.8 Å². The predicted octanol–water partition coefficient (Wildman–Crippen LogP) is 2.42. The molecule has 3 amide bonds. The second kappa shape index (κ2) is 5.58. The largest absolute Gasteiger partial charge is 0.420 e. The van der Waals surface area contributed by atoms with Crippen LogP contribution in [0.2, 0.25) is 10.0 Å². The standard InChI is InChI=1S/C9H8Cl2N2O3/c1-12-8(14)13-9(15)16-5-2-3-6(10)7(11)4-5/h2-4H,1H3,(H2,12,13,14,15). The highest BCUT2D eigenvalue weighted by Crippen LogP contribution is 2.26. The summed E-state index contributed by atoms with van der Waals surface area (Å²) in [7, 11) is 1.38. The van der Waals surface area contributed by atoms with Crippen molar-refractivity contribution >= 4 is 35.3 Å². The Bertz CT molecular complexity index is 423. The summed E-state index contributed by atoms with van der Waals surface area (Å²) in [5.41, 5.74) is 0. The number of rotatable bonds is 1. The number of hydrogen-bond donors (Lipinski definition) is 2. The lowest BCUT2D eigenvalue weighted by Gasteiger charge is -2.05. The zero-order valence-corrected chi connectivity index (χ0v) is 9.72. The minimum atomic E-state index is -0.905. The second-order valence-corrected chi connectivity index (χ2v) is 3.48. The van der Waals surface area contributed by atoms with Gasteiger partial charge in [0.15, 0.2) is 0 Å². The molecule has 16 heavy (non-hydrogen) atoms. The highest BCUT2D eigenvalue weighted by atomic mass is 35.5. The van der Waals surface area contributed by atoms with Gasteiger partial charge in [0.25, 0.3) is 0 Å². The molecule has 0 spiro atoms. The Labute approximate surface area is 102 Å². The van der Waals surface area contributed by atoms with Crippen molar-refractivity contribution in [1.82, 2.24) is 10.6 Å². The van der Waals surface area contributed by atoms with Gasteiger partial charge in [-0.25, -0.2) is 14.9 Å². The minimum Gasteiger partial charge on any atom is -0.410 e. The van der Waals surface area contributed by atoms with Gasteiger partial charge in [-0.05, 0) is 12.1 Å². The molecule has 1 rings (SSSR count). The van der Waals surface area contributed by atoms with Gasteiger partial charge in [-0.15, -0.1) is 0 Å². The fraction of sp³-hybridized carbons (Fsp3) is 0.111. The van der Waals surface area contributed by atoms with Gasteiger partial charge in [0, 0.05) is 13.1 Å². The Kier molecular flexibility index (Phi) is 4.39. The van der Waals surface area contributed by atoms with Gasteiger partial charge in [0.1, 0.15) is 5.75 Å². The molecule has 5 nitrogen and oxygen atoms in total.